The number of carbonyl (C=O) groups is 1. The van der Waals surface area contributed by atoms with Crippen LogP contribution in [0.4, 0.5) is 0 Å². The number of nitrogens with two attached hydrogens (primary N) is 1. The molecule has 1 aromatic rings. The van der Waals surface area contributed by atoms with E-state index >= 15 is 0 Å². The Morgan fingerprint density at radius 3 is 2.68 bits per heavy atom. The van der Waals surface area contributed by atoms with Crippen LogP contribution in [0.2, 0.25) is 0 Å². The molecule has 0 unspecified atom stereocenters. The quantitative estimate of drug-likeness (QED) is 0.852. The minimum Gasteiger partial charge on any atom is -0.486 e. The third-order valence-electron chi connectivity index (χ3n) is 3.18. The Kier molecular flexibility index (Phi) is 3.95. The first-order chi connectivity index (χ1) is 9.03. The van der Waals surface area contributed by atoms with Crippen LogP contribution in [0.1, 0.15) is 19.4 Å². The van der Waals surface area contributed by atoms with Crippen molar-refractivity contribution in [1.82, 2.24) is 5.32 Å². The number of hydrogen-bond acceptors (Lipinski definition) is 4. The van der Waals surface area contributed by atoms with Crippen LogP contribution in [0.15, 0.2) is 18.2 Å². The Morgan fingerprint density at radius 2 is 2.00 bits per heavy atom. The molecule has 0 bridgehead atoms. The first-order valence-electron chi connectivity index (χ1n) is 6.40. The molecule has 0 atom stereocenters. The molecule has 1 aliphatic rings. The van der Waals surface area contributed by atoms with Gasteiger partial charge in [0.2, 0.25) is 5.91 Å². The van der Waals surface area contributed by atoms with Crippen molar-refractivity contribution >= 4 is 5.91 Å². The normalized spacial score (nSPS) is 14.1. The maximum atomic E-state index is 11.9. The van der Waals surface area contributed by atoms with Crippen molar-refractivity contribution in [2.45, 2.75) is 20.4 Å². The van der Waals surface area contributed by atoms with Crippen molar-refractivity contribution < 1.29 is 14.3 Å². The molecule has 5 heteroatoms. The van der Waals surface area contributed by atoms with Crippen LogP contribution >= 0.6 is 0 Å². The van der Waals surface area contributed by atoms with E-state index in [0.29, 0.717) is 26.3 Å². The minimum atomic E-state index is -0.548. The summed E-state index contributed by atoms with van der Waals surface area (Å²) in [5.74, 6) is 1.43. The Morgan fingerprint density at radius 1 is 1.32 bits per heavy atom. The zero-order chi connectivity index (χ0) is 13.9. The summed E-state index contributed by atoms with van der Waals surface area (Å²) in [5.41, 5.74) is 6.00. The highest BCUT2D eigenvalue weighted by atomic mass is 16.6. The predicted molar refractivity (Wildman–Crippen MR) is 72.1 cm³/mol. The summed E-state index contributed by atoms with van der Waals surface area (Å²) >= 11 is 0. The zero-order valence-corrected chi connectivity index (χ0v) is 11.4. The predicted octanol–water partition coefficient (Wildman–Crippen LogP) is 1.06. The molecule has 0 aliphatic carbocycles. The van der Waals surface area contributed by atoms with Crippen LogP contribution in [0.5, 0.6) is 11.5 Å². The molecule has 0 aromatic heterocycles. The highest BCUT2D eigenvalue weighted by Crippen LogP contribution is 2.30. The van der Waals surface area contributed by atoms with Gasteiger partial charge in [0.15, 0.2) is 11.5 Å². The highest BCUT2D eigenvalue weighted by Gasteiger charge is 2.25. The summed E-state index contributed by atoms with van der Waals surface area (Å²) in [4.78, 5) is 11.9. The fourth-order valence-corrected chi connectivity index (χ4v) is 1.71. The van der Waals surface area contributed by atoms with Gasteiger partial charge in [0.05, 0.1) is 5.41 Å². The zero-order valence-electron chi connectivity index (χ0n) is 11.4. The lowest BCUT2D eigenvalue weighted by molar-refractivity contribution is -0.129. The van der Waals surface area contributed by atoms with Gasteiger partial charge in [-0.05, 0) is 31.5 Å². The molecular formula is C14H20N2O3. The van der Waals surface area contributed by atoms with E-state index in [9.17, 15) is 4.79 Å². The molecule has 104 valence electrons. The van der Waals surface area contributed by atoms with E-state index < -0.39 is 5.41 Å². The van der Waals surface area contributed by atoms with E-state index in [4.69, 9.17) is 15.2 Å². The molecule has 3 N–H and O–H groups in total. The molecule has 1 amide bonds. The second-order valence-corrected chi connectivity index (χ2v) is 5.25. The van der Waals surface area contributed by atoms with Gasteiger partial charge in [-0.15, -0.1) is 0 Å². The maximum Gasteiger partial charge on any atom is 0.227 e. The maximum absolute atomic E-state index is 11.9. The summed E-state index contributed by atoms with van der Waals surface area (Å²) in [6.07, 6.45) is 0. The van der Waals surface area contributed by atoms with E-state index in [-0.39, 0.29) is 5.91 Å². The van der Waals surface area contributed by atoms with Crippen LogP contribution in [0, 0.1) is 5.41 Å². The van der Waals surface area contributed by atoms with Gasteiger partial charge < -0.3 is 20.5 Å². The molecule has 0 saturated heterocycles. The largest absolute Gasteiger partial charge is 0.486 e. The van der Waals surface area contributed by atoms with Gasteiger partial charge in [-0.3, -0.25) is 4.79 Å². The molecule has 0 fully saturated rings. The van der Waals surface area contributed by atoms with Gasteiger partial charge in [0.1, 0.15) is 13.2 Å². The molecule has 2 rings (SSSR count). The summed E-state index contributed by atoms with van der Waals surface area (Å²) in [7, 11) is 0. The fourth-order valence-electron chi connectivity index (χ4n) is 1.71. The van der Waals surface area contributed by atoms with Gasteiger partial charge in [-0.25, -0.2) is 0 Å². The fraction of sp³-hybridized carbons (Fsp3) is 0.500. The number of carbonyl (C=O) groups excluding carboxylic acids is 1. The molecule has 5 nitrogen and oxygen atoms in total. The lowest BCUT2D eigenvalue weighted by atomic mass is 9.92. The summed E-state index contributed by atoms with van der Waals surface area (Å²) in [5, 5.41) is 2.88. The Labute approximate surface area is 113 Å². The number of fused-ring (bicyclic) bond motifs is 1. The van der Waals surface area contributed by atoms with Crippen molar-refractivity contribution in [1.29, 1.82) is 0 Å². The second-order valence-electron chi connectivity index (χ2n) is 5.25. The van der Waals surface area contributed by atoms with E-state index in [2.05, 4.69) is 5.32 Å². The van der Waals surface area contributed by atoms with Crippen LogP contribution in [-0.2, 0) is 11.3 Å². The average molecular weight is 264 g/mol. The van der Waals surface area contributed by atoms with Crippen molar-refractivity contribution in [3.05, 3.63) is 23.8 Å². The first kappa shape index (κ1) is 13.7. The monoisotopic (exact) mass is 264 g/mol. The van der Waals surface area contributed by atoms with E-state index in [1.807, 2.05) is 32.0 Å². The van der Waals surface area contributed by atoms with E-state index in [1.165, 1.54) is 0 Å². The number of nitrogens with one attached hydrogen (secondary N) is 1. The molecule has 19 heavy (non-hydrogen) atoms. The SMILES string of the molecule is CC(C)(CN)C(=O)NCc1ccc2c(c1)OCCO2. The third-order valence-corrected chi connectivity index (χ3v) is 3.18. The lowest BCUT2D eigenvalue weighted by Gasteiger charge is -2.22. The number of benzene rings is 1. The highest BCUT2D eigenvalue weighted by molar-refractivity contribution is 5.82. The van der Waals surface area contributed by atoms with E-state index in [0.717, 1.165) is 17.1 Å². The summed E-state index contributed by atoms with van der Waals surface area (Å²) < 4.78 is 10.9. The Bertz CT molecular complexity index is 472. The number of ether oxygens (including phenoxy) is 2. The molecule has 1 aliphatic heterocycles. The lowest BCUT2D eigenvalue weighted by Crippen LogP contribution is -2.41. The van der Waals surface area contributed by atoms with Crippen LogP contribution < -0.4 is 20.5 Å². The molecule has 0 saturated carbocycles. The molecular weight excluding hydrogens is 244 g/mol. The average Bonchev–Trinajstić information content (AvgIpc) is 2.44. The van der Waals surface area contributed by atoms with Gasteiger partial charge >= 0.3 is 0 Å². The number of rotatable bonds is 4. The van der Waals surface area contributed by atoms with Crippen molar-refractivity contribution in [3.8, 4) is 11.5 Å². The molecule has 1 aromatic carbocycles. The Hall–Kier alpha value is -1.75. The standard InChI is InChI=1S/C14H20N2O3/c1-14(2,9-15)13(17)16-8-10-3-4-11-12(7-10)19-6-5-18-11/h3-4,7H,5-6,8-9,15H2,1-2H3,(H,16,17). The van der Waals surface area contributed by atoms with Crippen molar-refractivity contribution in [2.75, 3.05) is 19.8 Å². The van der Waals surface area contributed by atoms with Crippen LogP contribution in [0.25, 0.3) is 0 Å². The van der Waals surface area contributed by atoms with Crippen LogP contribution in [-0.4, -0.2) is 25.7 Å². The topological polar surface area (TPSA) is 73.6 Å². The van der Waals surface area contributed by atoms with Gasteiger partial charge in [0, 0.05) is 13.1 Å². The smallest absolute Gasteiger partial charge is 0.227 e. The van der Waals surface area contributed by atoms with Crippen molar-refractivity contribution in [3.63, 3.8) is 0 Å². The number of amides is 1. The van der Waals surface area contributed by atoms with Crippen LogP contribution in [0.3, 0.4) is 0 Å². The Balaban J connectivity index is 1.99. The first-order valence-corrected chi connectivity index (χ1v) is 6.40. The molecule has 0 radical (unpaired) electrons. The van der Waals surface area contributed by atoms with Gasteiger partial charge in [-0.1, -0.05) is 6.07 Å². The van der Waals surface area contributed by atoms with E-state index in [1.54, 1.807) is 0 Å². The summed E-state index contributed by atoms with van der Waals surface area (Å²) in [6, 6.07) is 5.68. The van der Waals surface area contributed by atoms with Gasteiger partial charge in [0.25, 0.3) is 0 Å². The number of hydrogen-bond donors (Lipinski definition) is 2. The second kappa shape index (κ2) is 5.48. The summed E-state index contributed by atoms with van der Waals surface area (Å²) in [6.45, 7) is 5.56. The van der Waals surface area contributed by atoms with Gasteiger partial charge in [-0.2, -0.15) is 0 Å². The molecule has 0 spiro atoms. The van der Waals surface area contributed by atoms with Crippen molar-refractivity contribution in [2.24, 2.45) is 11.1 Å². The third kappa shape index (κ3) is 3.17. The molecule has 1 heterocycles. The minimum absolute atomic E-state index is 0.0510.